The van der Waals surface area contributed by atoms with Gasteiger partial charge in [-0.25, -0.2) is 0 Å². The minimum atomic E-state index is -0.0692. The Morgan fingerprint density at radius 2 is 1.96 bits per heavy atom. The smallest absolute Gasteiger partial charge is 0.262 e. The third-order valence-corrected chi connectivity index (χ3v) is 4.29. The van der Waals surface area contributed by atoms with Gasteiger partial charge in [0.25, 0.3) is 5.56 Å². The molecule has 25 heavy (non-hydrogen) atoms. The molecule has 0 spiro atoms. The Labute approximate surface area is 148 Å². The first-order valence-electron chi connectivity index (χ1n) is 7.93. The summed E-state index contributed by atoms with van der Waals surface area (Å²) in [5, 5.41) is 9.66. The van der Waals surface area contributed by atoms with Crippen LogP contribution in [0.4, 0.5) is 0 Å². The van der Waals surface area contributed by atoms with Crippen LogP contribution in [-0.4, -0.2) is 19.2 Å². The van der Waals surface area contributed by atoms with Gasteiger partial charge in [-0.1, -0.05) is 29.8 Å². The molecule has 2 aromatic carbocycles. The maximum absolute atomic E-state index is 12.6. The van der Waals surface area contributed by atoms with E-state index in [1.54, 1.807) is 16.7 Å². The second-order valence-electron chi connectivity index (χ2n) is 5.56. The van der Waals surface area contributed by atoms with Gasteiger partial charge < -0.3 is 4.74 Å². The third-order valence-electron chi connectivity index (χ3n) is 4.06. The molecule has 0 atom stereocenters. The summed E-state index contributed by atoms with van der Waals surface area (Å²) in [5.41, 5.74) is 0.696. The van der Waals surface area contributed by atoms with Crippen molar-refractivity contribution in [1.82, 2.24) is 19.2 Å². The van der Waals surface area contributed by atoms with Gasteiger partial charge in [-0.15, -0.1) is 10.2 Å². The molecule has 4 rings (SSSR count). The van der Waals surface area contributed by atoms with E-state index in [4.69, 9.17) is 16.3 Å². The van der Waals surface area contributed by atoms with Gasteiger partial charge in [0.2, 0.25) is 5.78 Å². The molecule has 0 radical (unpaired) electrons. The second kappa shape index (κ2) is 6.22. The van der Waals surface area contributed by atoms with Crippen molar-refractivity contribution in [3.8, 4) is 5.75 Å². The molecule has 0 bridgehead atoms. The lowest BCUT2D eigenvalue weighted by Crippen LogP contribution is -2.22. The third kappa shape index (κ3) is 2.64. The summed E-state index contributed by atoms with van der Waals surface area (Å²) in [4.78, 5) is 12.6. The lowest BCUT2D eigenvalue weighted by Gasteiger charge is -2.10. The van der Waals surface area contributed by atoms with Gasteiger partial charge in [0.1, 0.15) is 12.4 Å². The van der Waals surface area contributed by atoms with Crippen LogP contribution in [0.15, 0.2) is 53.3 Å². The molecule has 0 N–H and O–H groups in total. The van der Waals surface area contributed by atoms with Gasteiger partial charge in [-0.2, -0.15) is 0 Å². The SMILES string of the molecule is CCn1c(=O)c2ccccc2n2c(COc3cccc(Cl)c3)nnc12. The molecule has 7 heteroatoms. The summed E-state index contributed by atoms with van der Waals surface area (Å²) in [5.74, 6) is 1.78. The predicted octanol–water partition coefficient (Wildman–Crippen LogP) is 3.30. The van der Waals surface area contributed by atoms with E-state index in [9.17, 15) is 4.79 Å². The van der Waals surface area contributed by atoms with Gasteiger partial charge in [0, 0.05) is 11.6 Å². The molecule has 0 unspecified atom stereocenters. The van der Waals surface area contributed by atoms with Crippen LogP contribution < -0.4 is 10.3 Å². The Bertz CT molecular complexity index is 1130. The number of ether oxygens (including phenoxy) is 1. The number of fused-ring (bicyclic) bond motifs is 3. The number of hydrogen-bond donors (Lipinski definition) is 0. The molecular formula is C18H15ClN4O2. The quantitative estimate of drug-likeness (QED) is 0.564. The van der Waals surface area contributed by atoms with Crippen molar-refractivity contribution in [3.63, 3.8) is 0 Å². The Balaban J connectivity index is 1.85. The summed E-state index contributed by atoms with van der Waals surface area (Å²) < 4.78 is 9.27. The minimum Gasteiger partial charge on any atom is -0.486 e. The van der Waals surface area contributed by atoms with Crippen molar-refractivity contribution in [2.45, 2.75) is 20.1 Å². The van der Waals surface area contributed by atoms with Crippen LogP contribution in [0.2, 0.25) is 5.02 Å². The number of halogens is 1. The van der Waals surface area contributed by atoms with Crippen LogP contribution in [0.1, 0.15) is 12.7 Å². The van der Waals surface area contributed by atoms with E-state index in [0.29, 0.717) is 34.3 Å². The average Bonchev–Trinajstić information content (AvgIpc) is 3.04. The van der Waals surface area contributed by atoms with Crippen molar-refractivity contribution >= 4 is 28.3 Å². The topological polar surface area (TPSA) is 61.4 Å². The lowest BCUT2D eigenvalue weighted by molar-refractivity contribution is 0.295. The Kier molecular flexibility index (Phi) is 3.89. The lowest BCUT2D eigenvalue weighted by atomic mass is 10.2. The molecule has 0 aliphatic heterocycles. The zero-order valence-corrected chi connectivity index (χ0v) is 14.3. The summed E-state index contributed by atoms with van der Waals surface area (Å²) in [7, 11) is 0. The van der Waals surface area contributed by atoms with Crippen molar-refractivity contribution in [3.05, 3.63) is 69.7 Å². The first kappa shape index (κ1) is 15.7. The van der Waals surface area contributed by atoms with E-state index >= 15 is 0 Å². The highest BCUT2D eigenvalue weighted by Gasteiger charge is 2.15. The van der Waals surface area contributed by atoms with Gasteiger partial charge >= 0.3 is 0 Å². The molecule has 0 fully saturated rings. The summed E-state index contributed by atoms with van der Waals surface area (Å²) in [6.07, 6.45) is 0. The van der Waals surface area contributed by atoms with E-state index in [1.165, 1.54) is 0 Å². The molecule has 4 aromatic rings. The average molecular weight is 355 g/mol. The summed E-state index contributed by atoms with van der Waals surface area (Å²) in [6.45, 7) is 2.64. The zero-order valence-electron chi connectivity index (χ0n) is 13.5. The molecule has 0 aliphatic carbocycles. The number of hydrogen-bond acceptors (Lipinski definition) is 4. The van der Waals surface area contributed by atoms with E-state index in [-0.39, 0.29) is 12.2 Å². The molecular weight excluding hydrogens is 340 g/mol. The zero-order chi connectivity index (χ0) is 17.4. The molecule has 0 amide bonds. The maximum Gasteiger partial charge on any atom is 0.262 e. The fraction of sp³-hybridized carbons (Fsp3) is 0.167. The molecule has 126 valence electrons. The Hall–Kier alpha value is -2.86. The number of rotatable bonds is 4. The largest absolute Gasteiger partial charge is 0.486 e. The molecule has 2 aromatic heterocycles. The Morgan fingerprint density at radius 1 is 1.12 bits per heavy atom. The second-order valence-corrected chi connectivity index (χ2v) is 6.00. The highest BCUT2D eigenvalue weighted by molar-refractivity contribution is 6.30. The summed E-state index contributed by atoms with van der Waals surface area (Å²) in [6, 6.07) is 14.6. The monoisotopic (exact) mass is 354 g/mol. The number of benzene rings is 2. The molecule has 2 heterocycles. The van der Waals surface area contributed by atoms with Crippen LogP contribution in [0, 0.1) is 0 Å². The number of aromatic nitrogens is 4. The first-order valence-corrected chi connectivity index (χ1v) is 8.30. The van der Waals surface area contributed by atoms with Gasteiger partial charge in [0.05, 0.1) is 10.9 Å². The fourth-order valence-electron chi connectivity index (χ4n) is 2.90. The Morgan fingerprint density at radius 3 is 2.76 bits per heavy atom. The molecule has 0 aliphatic rings. The predicted molar refractivity (Wildman–Crippen MR) is 96.2 cm³/mol. The van der Waals surface area contributed by atoms with E-state index < -0.39 is 0 Å². The minimum absolute atomic E-state index is 0.0692. The van der Waals surface area contributed by atoms with Crippen LogP contribution in [-0.2, 0) is 13.2 Å². The number of nitrogens with zero attached hydrogens (tertiary/aromatic N) is 4. The maximum atomic E-state index is 12.6. The van der Waals surface area contributed by atoms with Crippen molar-refractivity contribution in [2.24, 2.45) is 0 Å². The van der Waals surface area contributed by atoms with Crippen LogP contribution in [0.5, 0.6) is 5.75 Å². The molecule has 0 saturated carbocycles. The standard InChI is InChI=1S/C18H15ClN4O2/c1-2-22-17(24)14-8-3-4-9-15(14)23-16(20-21-18(22)23)11-25-13-7-5-6-12(19)10-13/h3-10H,2,11H2,1H3. The van der Waals surface area contributed by atoms with Gasteiger partial charge in [-0.05, 0) is 37.3 Å². The molecule has 0 saturated heterocycles. The highest BCUT2D eigenvalue weighted by Crippen LogP contribution is 2.19. The normalized spacial score (nSPS) is 11.3. The van der Waals surface area contributed by atoms with Crippen LogP contribution in [0.3, 0.4) is 0 Å². The van der Waals surface area contributed by atoms with E-state index in [0.717, 1.165) is 5.52 Å². The van der Waals surface area contributed by atoms with Crippen LogP contribution in [0.25, 0.3) is 16.7 Å². The molecule has 6 nitrogen and oxygen atoms in total. The van der Waals surface area contributed by atoms with E-state index in [2.05, 4.69) is 10.2 Å². The first-order chi connectivity index (χ1) is 12.2. The van der Waals surface area contributed by atoms with Gasteiger partial charge in [-0.3, -0.25) is 13.8 Å². The highest BCUT2D eigenvalue weighted by atomic mass is 35.5. The van der Waals surface area contributed by atoms with Crippen LogP contribution >= 0.6 is 11.6 Å². The summed E-state index contributed by atoms with van der Waals surface area (Å²) >= 11 is 5.98. The number of aryl methyl sites for hydroxylation is 1. The van der Waals surface area contributed by atoms with Crippen molar-refractivity contribution < 1.29 is 4.74 Å². The van der Waals surface area contributed by atoms with Crippen molar-refractivity contribution in [2.75, 3.05) is 0 Å². The van der Waals surface area contributed by atoms with E-state index in [1.807, 2.05) is 47.7 Å². The number of para-hydroxylation sites is 1. The van der Waals surface area contributed by atoms with Crippen molar-refractivity contribution in [1.29, 1.82) is 0 Å². The van der Waals surface area contributed by atoms with Gasteiger partial charge in [0.15, 0.2) is 5.82 Å². The fourth-order valence-corrected chi connectivity index (χ4v) is 3.08.